The third-order valence-electron chi connectivity index (χ3n) is 2.65. The number of thiocarbonyl (C=S) groups is 1. The lowest BCUT2D eigenvalue weighted by atomic mass is 10.1. The Kier molecular flexibility index (Phi) is 4.36. The molecule has 2 rings (SSSR count). The summed E-state index contributed by atoms with van der Waals surface area (Å²) in [5.41, 5.74) is 0.466. The first-order valence-corrected chi connectivity index (χ1v) is 6.93. The molecule has 0 spiro atoms. The lowest BCUT2D eigenvalue weighted by molar-refractivity contribution is -0.255. The normalized spacial score (nSPS) is 16.8. The summed E-state index contributed by atoms with van der Waals surface area (Å²) in [5, 5.41) is 11.0. The average molecular weight is 304 g/mol. The van der Waals surface area contributed by atoms with Crippen LogP contribution in [0, 0.1) is 0 Å². The maximum Gasteiger partial charge on any atom is 0.266 e. The second-order valence-corrected chi connectivity index (χ2v) is 5.63. The predicted molar refractivity (Wildman–Crippen MR) is 80.8 cm³/mol. The van der Waals surface area contributed by atoms with Gasteiger partial charge in [-0.3, -0.25) is 9.69 Å². The Bertz CT molecular complexity index is 637. The fraction of sp³-hybridized carbons (Fsp3) is 0.0714. The Labute approximate surface area is 125 Å². The van der Waals surface area contributed by atoms with Gasteiger partial charge in [0, 0.05) is 12.1 Å². The molecule has 4 nitrogen and oxygen atoms in total. The van der Waals surface area contributed by atoms with Crippen LogP contribution in [0.5, 0.6) is 0 Å². The molecule has 0 unspecified atom stereocenters. The number of thioether (sulfide) groups is 1. The first kappa shape index (κ1) is 14.5. The number of benzene rings is 1. The van der Waals surface area contributed by atoms with Crippen molar-refractivity contribution in [3.63, 3.8) is 0 Å². The maximum absolute atomic E-state index is 12.1. The topological polar surface area (TPSA) is 60.4 Å². The summed E-state index contributed by atoms with van der Waals surface area (Å²) in [6, 6.07) is 6.35. The van der Waals surface area contributed by atoms with Crippen LogP contribution >= 0.6 is 24.0 Å². The number of aromatic carboxylic acids is 1. The summed E-state index contributed by atoms with van der Waals surface area (Å²) in [4.78, 5) is 25.0. The number of carboxylic acids is 1. The van der Waals surface area contributed by atoms with Crippen LogP contribution < -0.4 is 5.11 Å². The summed E-state index contributed by atoms with van der Waals surface area (Å²) in [6.45, 7) is 3.91. The van der Waals surface area contributed by atoms with E-state index in [4.69, 9.17) is 12.2 Å². The molecule has 0 bridgehead atoms. The molecular formula is C14H10NO3S2-. The van der Waals surface area contributed by atoms with E-state index in [1.807, 2.05) is 0 Å². The molecule has 1 fully saturated rings. The zero-order valence-electron chi connectivity index (χ0n) is 10.4. The minimum Gasteiger partial charge on any atom is -0.545 e. The maximum atomic E-state index is 12.1. The summed E-state index contributed by atoms with van der Waals surface area (Å²) < 4.78 is 0.437. The number of hydrogen-bond acceptors (Lipinski definition) is 5. The van der Waals surface area contributed by atoms with Gasteiger partial charge >= 0.3 is 0 Å². The molecule has 0 saturated carbocycles. The van der Waals surface area contributed by atoms with E-state index in [-0.39, 0.29) is 11.5 Å². The van der Waals surface area contributed by atoms with E-state index in [9.17, 15) is 14.7 Å². The quantitative estimate of drug-likeness (QED) is 0.478. The molecule has 0 aromatic heterocycles. The third kappa shape index (κ3) is 2.81. The van der Waals surface area contributed by atoms with Crippen molar-refractivity contribution in [2.75, 3.05) is 6.54 Å². The molecule has 1 aromatic rings. The number of carboxylic acid groups (broad SMARTS) is 1. The minimum absolute atomic E-state index is 0.0430. The zero-order chi connectivity index (χ0) is 14.7. The Morgan fingerprint density at radius 2 is 2.15 bits per heavy atom. The van der Waals surface area contributed by atoms with Crippen molar-refractivity contribution in [2.24, 2.45) is 0 Å². The number of rotatable bonds is 4. The van der Waals surface area contributed by atoms with Crippen molar-refractivity contribution in [1.29, 1.82) is 0 Å². The largest absolute Gasteiger partial charge is 0.545 e. The average Bonchev–Trinajstić information content (AvgIpc) is 2.67. The molecular weight excluding hydrogens is 294 g/mol. The van der Waals surface area contributed by atoms with Crippen molar-refractivity contribution in [2.45, 2.75) is 0 Å². The van der Waals surface area contributed by atoms with E-state index in [0.717, 1.165) is 11.8 Å². The van der Waals surface area contributed by atoms with Crippen molar-refractivity contribution in [3.8, 4) is 0 Å². The van der Waals surface area contributed by atoms with E-state index in [2.05, 4.69) is 6.58 Å². The minimum atomic E-state index is -1.28. The monoisotopic (exact) mass is 304 g/mol. The van der Waals surface area contributed by atoms with Crippen LogP contribution in [-0.2, 0) is 4.79 Å². The second-order valence-electron chi connectivity index (χ2n) is 3.96. The molecule has 1 heterocycles. The van der Waals surface area contributed by atoms with Crippen LogP contribution in [0.4, 0.5) is 0 Å². The first-order valence-electron chi connectivity index (χ1n) is 5.71. The Hall–Kier alpha value is -1.92. The van der Waals surface area contributed by atoms with Gasteiger partial charge in [0.1, 0.15) is 4.32 Å². The Morgan fingerprint density at radius 3 is 2.80 bits per heavy atom. The van der Waals surface area contributed by atoms with Crippen LogP contribution in [0.2, 0.25) is 0 Å². The van der Waals surface area contributed by atoms with Gasteiger partial charge in [0.2, 0.25) is 0 Å². The van der Waals surface area contributed by atoms with E-state index < -0.39 is 5.97 Å². The van der Waals surface area contributed by atoms with Crippen molar-refractivity contribution in [1.82, 2.24) is 4.90 Å². The molecule has 0 atom stereocenters. The van der Waals surface area contributed by atoms with E-state index >= 15 is 0 Å². The number of hydrogen-bond donors (Lipinski definition) is 0. The van der Waals surface area contributed by atoms with Gasteiger partial charge in [0.15, 0.2) is 0 Å². The second kappa shape index (κ2) is 6.02. The van der Waals surface area contributed by atoms with Crippen molar-refractivity contribution in [3.05, 3.63) is 53.0 Å². The summed E-state index contributed by atoms with van der Waals surface area (Å²) >= 11 is 6.26. The highest BCUT2D eigenvalue weighted by atomic mass is 32.2. The van der Waals surface area contributed by atoms with Gasteiger partial charge in [0.05, 0.1) is 10.9 Å². The number of amides is 1. The molecule has 1 amide bonds. The van der Waals surface area contributed by atoms with E-state index in [0.29, 0.717) is 21.3 Å². The number of nitrogens with zero attached hydrogens (tertiary/aromatic N) is 1. The first-order chi connectivity index (χ1) is 9.54. The summed E-state index contributed by atoms with van der Waals surface area (Å²) in [5.74, 6) is -1.52. The highest BCUT2D eigenvalue weighted by Crippen LogP contribution is 2.32. The third-order valence-corrected chi connectivity index (χ3v) is 4.03. The summed E-state index contributed by atoms with van der Waals surface area (Å²) in [7, 11) is 0. The molecule has 1 saturated heterocycles. The van der Waals surface area contributed by atoms with E-state index in [1.165, 1.54) is 17.0 Å². The highest BCUT2D eigenvalue weighted by Gasteiger charge is 2.31. The van der Waals surface area contributed by atoms with E-state index in [1.54, 1.807) is 24.3 Å². The van der Waals surface area contributed by atoms with Gasteiger partial charge in [-0.25, -0.2) is 0 Å². The fourth-order valence-electron chi connectivity index (χ4n) is 1.74. The van der Waals surface area contributed by atoms with Crippen LogP contribution in [0.15, 0.2) is 41.8 Å². The number of carbonyl (C=O) groups excluding carboxylic acids is 2. The van der Waals surface area contributed by atoms with Crippen LogP contribution in [-0.4, -0.2) is 27.6 Å². The molecule has 0 radical (unpaired) electrons. The van der Waals surface area contributed by atoms with Gasteiger partial charge in [-0.15, -0.1) is 6.58 Å². The van der Waals surface area contributed by atoms with Crippen LogP contribution in [0.25, 0.3) is 6.08 Å². The van der Waals surface area contributed by atoms with Crippen LogP contribution in [0.1, 0.15) is 15.9 Å². The van der Waals surface area contributed by atoms with Crippen LogP contribution in [0.3, 0.4) is 0 Å². The zero-order valence-corrected chi connectivity index (χ0v) is 12.0. The molecule has 6 heteroatoms. The molecule has 0 aliphatic carbocycles. The molecule has 0 N–H and O–H groups in total. The van der Waals surface area contributed by atoms with Crippen molar-refractivity contribution < 1.29 is 14.7 Å². The number of carbonyl (C=O) groups is 2. The lowest BCUT2D eigenvalue weighted by Crippen LogP contribution is -2.27. The SMILES string of the molecule is C=CCN1C(=O)C(=Cc2ccccc2C(=O)[O-])SC1=S. The molecule has 20 heavy (non-hydrogen) atoms. The van der Waals surface area contributed by atoms with Crippen molar-refractivity contribution >= 4 is 46.3 Å². The summed E-state index contributed by atoms with van der Waals surface area (Å²) in [6.07, 6.45) is 3.11. The van der Waals surface area contributed by atoms with Gasteiger partial charge in [-0.2, -0.15) is 0 Å². The van der Waals surface area contributed by atoms with Gasteiger partial charge in [-0.1, -0.05) is 54.3 Å². The Morgan fingerprint density at radius 1 is 1.45 bits per heavy atom. The molecule has 1 aliphatic rings. The Balaban J connectivity index is 2.38. The molecule has 1 aliphatic heterocycles. The van der Waals surface area contributed by atoms with Gasteiger partial charge in [0.25, 0.3) is 5.91 Å². The standard InChI is InChI=1S/C14H11NO3S2/c1-2-7-15-12(16)11(20-14(15)19)8-9-5-3-4-6-10(9)13(17)18/h2-6,8H,1,7H2,(H,17,18)/p-1. The predicted octanol–water partition coefficient (Wildman–Crippen LogP) is 1.44. The molecule has 1 aromatic carbocycles. The molecule has 102 valence electrons. The smallest absolute Gasteiger partial charge is 0.266 e. The van der Waals surface area contributed by atoms with Gasteiger partial charge < -0.3 is 9.90 Å². The fourth-order valence-corrected chi connectivity index (χ4v) is 3.00. The van der Waals surface area contributed by atoms with Gasteiger partial charge in [-0.05, 0) is 11.6 Å². The highest BCUT2D eigenvalue weighted by molar-refractivity contribution is 8.26. The lowest BCUT2D eigenvalue weighted by Gasteiger charge is -2.10.